The van der Waals surface area contributed by atoms with Crippen molar-refractivity contribution in [2.45, 2.75) is 19.9 Å². The molecule has 0 saturated carbocycles. The summed E-state index contributed by atoms with van der Waals surface area (Å²) in [5.41, 5.74) is 1.28. The molecular weight excluding hydrogens is 138 g/mol. The maximum absolute atomic E-state index is 4.34. The van der Waals surface area contributed by atoms with Gasteiger partial charge in [-0.3, -0.25) is 0 Å². The Kier molecular flexibility index (Phi) is 1.66. The van der Waals surface area contributed by atoms with E-state index >= 15 is 0 Å². The first-order valence-electron chi connectivity index (χ1n) is 4.09. The van der Waals surface area contributed by atoms with Gasteiger partial charge in [0.15, 0.2) is 0 Å². The lowest BCUT2D eigenvalue weighted by molar-refractivity contribution is 0.635. The molecule has 0 saturated heterocycles. The van der Waals surface area contributed by atoms with Crippen LogP contribution < -0.4 is 5.32 Å². The normalized spacial score (nSPS) is 17.5. The molecular formula is C8H13N3. The molecule has 1 aliphatic rings. The van der Waals surface area contributed by atoms with E-state index in [2.05, 4.69) is 21.8 Å². The Balaban J connectivity index is 2.35. The maximum atomic E-state index is 4.34. The predicted molar refractivity (Wildman–Crippen MR) is 43.5 cm³/mol. The van der Waals surface area contributed by atoms with E-state index in [-0.39, 0.29) is 0 Å². The van der Waals surface area contributed by atoms with Crippen LogP contribution in [-0.2, 0) is 13.0 Å². The van der Waals surface area contributed by atoms with Crippen LogP contribution in [-0.4, -0.2) is 22.6 Å². The van der Waals surface area contributed by atoms with Crippen LogP contribution in [0.4, 0.5) is 0 Å². The highest BCUT2D eigenvalue weighted by molar-refractivity contribution is 5.04. The third-order valence-corrected chi connectivity index (χ3v) is 2.18. The molecule has 2 heterocycles. The van der Waals surface area contributed by atoms with E-state index in [1.165, 1.54) is 11.5 Å². The Labute approximate surface area is 66.4 Å². The summed E-state index contributed by atoms with van der Waals surface area (Å²) in [7, 11) is 0. The van der Waals surface area contributed by atoms with Gasteiger partial charge in [0.2, 0.25) is 0 Å². The van der Waals surface area contributed by atoms with Crippen molar-refractivity contribution >= 4 is 0 Å². The highest BCUT2D eigenvalue weighted by atomic mass is 15.1. The zero-order valence-corrected chi connectivity index (χ0v) is 6.80. The molecule has 11 heavy (non-hydrogen) atoms. The second-order valence-corrected chi connectivity index (χ2v) is 2.97. The lowest BCUT2D eigenvalue weighted by Crippen LogP contribution is -2.17. The van der Waals surface area contributed by atoms with E-state index in [1.54, 1.807) is 0 Å². The number of fused-ring (bicyclic) bond motifs is 1. The first-order valence-corrected chi connectivity index (χ1v) is 4.09. The number of rotatable bonds is 0. The van der Waals surface area contributed by atoms with Crippen molar-refractivity contribution in [1.82, 2.24) is 14.9 Å². The van der Waals surface area contributed by atoms with Crippen molar-refractivity contribution in [2.24, 2.45) is 0 Å². The van der Waals surface area contributed by atoms with Gasteiger partial charge in [-0.05, 0) is 6.92 Å². The van der Waals surface area contributed by atoms with Gasteiger partial charge in [0.05, 0.1) is 0 Å². The zero-order valence-electron chi connectivity index (χ0n) is 6.80. The summed E-state index contributed by atoms with van der Waals surface area (Å²) in [6.07, 6.45) is 3.02. The summed E-state index contributed by atoms with van der Waals surface area (Å²) in [4.78, 5) is 4.34. The Hall–Kier alpha value is -0.830. The van der Waals surface area contributed by atoms with E-state index in [9.17, 15) is 0 Å². The van der Waals surface area contributed by atoms with Crippen LogP contribution in [0.2, 0.25) is 0 Å². The fourth-order valence-corrected chi connectivity index (χ4v) is 1.53. The molecule has 0 aromatic carbocycles. The minimum absolute atomic E-state index is 1.06. The second kappa shape index (κ2) is 2.66. The molecule has 1 aromatic heterocycles. The molecule has 0 aliphatic carbocycles. The Morgan fingerprint density at radius 3 is 3.36 bits per heavy atom. The highest BCUT2D eigenvalue weighted by Crippen LogP contribution is 2.05. The van der Waals surface area contributed by atoms with Crippen LogP contribution in [0.25, 0.3) is 0 Å². The SMILES string of the molecule is Cc1cnc2n1CCNCC2. The topological polar surface area (TPSA) is 29.9 Å². The van der Waals surface area contributed by atoms with E-state index in [4.69, 9.17) is 0 Å². The molecule has 0 atom stereocenters. The van der Waals surface area contributed by atoms with E-state index in [1.807, 2.05) is 6.20 Å². The third-order valence-electron chi connectivity index (χ3n) is 2.18. The smallest absolute Gasteiger partial charge is 0.110 e. The Bertz CT molecular complexity index is 252. The highest BCUT2D eigenvalue weighted by Gasteiger charge is 2.08. The standard InChI is InChI=1S/C8H13N3/c1-7-6-10-8-2-3-9-4-5-11(7)8/h6,9H,2-5H2,1H3. The average Bonchev–Trinajstić information content (AvgIpc) is 2.25. The molecule has 3 heteroatoms. The lowest BCUT2D eigenvalue weighted by Gasteiger charge is -2.03. The van der Waals surface area contributed by atoms with Crippen LogP contribution in [0.15, 0.2) is 6.20 Å². The molecule has 0 amide bonds. The minimum atomic E-state index is 1.06. The number of nitrogens with zero attached hydrogens (tertiary/aromatic N) is 2. The second-order valence-electron chi connectivity index (χ2n) is 2.97. The van der Waals surface area contributed by atoms with Crippen molar-refractivity contribution in [1.29, 1.82) is 0 Å². The first-order chi connectivity index (χ1) is 5.38. The van der Waals surface area contributed by atoms with Gasteiger partial charge in [0.25, 0.3) is 0 Å². The van der Waals surface area contributed by atoms with Crippen LogP contribution in [0.1, 0.15) is 11.5 Å². The average molecular weight is 151 g/mol. The predicted octanol–water partition coefficient (Wildman–Crippen LogP) is 0.337. The number of nitrogens with one attached hydrogen (secondary N) is 1. The third kappa shape index (κ3) is 1.16. The van der Waals surface area contributed by atoms with Gasteiger partial charge < -0.3 is 9.88 Å². The zero-order chi connectivity index (χ0) is 7.68. The van der Waals surface area contributed by atoms with Gasteiger partial charge in [0, 0.05) is 37.9 Å². The Morgan fingerprint density at radius 1 is 1.55 bits per heavy atom. The van der Waals surface area contributed by atoms with E-state index < -0.39 is 0 Å². The number of imidazole rings is 1. The van der Waals surface area contributed by atoms with Gasteiger partial charge >= 0.3 is 0 Å². The molecule has 3 nitrogen and oxygen atoms in total. The molecule has 0 radical (unpaired) electrons. The summed E-state index contributed by atoms with van der Waals surface area (Å²) in [6.45, 7) is 5.32. The van der Waals surface area contributed by atoms with Crippen molar-refractivity contribution < 1.29 is 0 Å². The van der Waals surface area contributed by atoms with Crippen LogP contribution in [0, 0.1) is 6.92 Å². The molecule has 2 rings (SSSR count). The van der Waals surface area contributed by atoms with Gasteiger partial charge in [0.1, 0.15) is 5.82 Å². The molecule has 1 aliphatic heterocycles. The van der Waals surface area contributed by atoms with Crippen LogP contribution in [0.5, 0.6) is 0 Å². The maximum Gasteiger partial charge on any atom is 0.110 e. The first kappa shape index (κ1) is 6.85. The van der Waals surface area contributed by atoms with E-state index in [0.717, 1.165) is 26.1 Å². The van der Waals surface area contributed by atoms with Gasteiger partial charge in [-0.1, -0.05) is 0 Å². The minimum Gasteiger partial charge on any atom is -0.331 e. The quantitative estimate of drug-likeness (QED) is 0.579. The van der Waals surface area contributed by atoms with Gasteiger partial charge in [-0.2, -0.15) is 0 Å². The molecule has 0 unspecified atom stereocenters. The molecule has 0 bridgehead atoms. The number of hydrogen-bond acceptors (Lipinski definition) is 2. The molecule has 0 spiro atoms. The largest absolute Gasteiger partial charge is 0.331 e. The molecule has 60 valence electrons. The van der Waals surface area contributed by atoms with Crippen molar-refractivity contribution in [3.63, 3.8) is 0 Å². The van der Waals surface area contributed by atoms with Crippen LogP contribution >= 0.6 is 0 Å². The van der Waals surface area contributed by atoms with Crippen molar-refractivity contribution in [2.75, 3.05) is 13.1 Å². The summed E-state index contributed by atoms with van der Waals surface area (Å²) in [5.74, 6) is 1.23. The fraction of sp³-hybridized carbons (Fsp3) is 0.625. The number of hydrogen-bond donors (Lipinski definition) is 1. The summed E-state index contributed by atoms with van der Waals surface area (Å²) in [5, 5.41) is 3.35. The summed E-state index contributed by atoms with van der Waals surface area (Å²) < 4.78 is 2.29. The van der Waals surface area contributed by atoms with Crippen molar-refractivity contribution in [3.8, 4) is 0 Å². The van der Waals surface area contributed by atoms with Gasteiger partial charge in [-0.25, -0.2) is 4.98 Å². The van der Waals surface area contributed by atoms with Crippen molar-refractivity contribution in [3.05, 3.63) is 17.7 Å². The summed E-state index contributed by atoms with van der Waals surface area (Å²) in [6, 6.07) is 0. The summed E-state index contributed by atoms with van der Waals surface area (Å²) >= 11 is 0. The lowest BCUT2D eigenvalue weighted by atomic mass is 10.4. The Morgan fingerprint density at radius 2 is 2.45 bits per heavy atom. The number of aromatic nitrogens is 2. The molecule has 1 aromatic rings. The monoisotopic (exact) mass is 151 g/mol. The molecule has 1 N–H and O–H groups in total. The van der Waals surface area contributed by atoms with Gasteiger partial charge in [-0.15, -0.1) is 0 Å². The van der Waals surface area contributed by atoms with E-state index in [0.29, 0.717) is 0 Å². The molecule has 0 fully saturated rings. The number of aryl methyl sites for hydroxylation is 1. The van der Waals surface area contributed by atoms with Crippen LogP contribution in [0.3, 0.4) is 0 Å². The fourth-order valence-electron chi connectivity index (χ4n) is 1.53.